The molecule has 1 N–H and O–H groups in total. The molecular formula is C22H28N6O2. The van der Waals surface area contributed by atoms with Crippen molar-refractivity contribution in [2.24, 2.45) is 5.92 Å². The number of nitrogens with zero attached hydrogens (tertiary/aromatic N) is 5. The van der Waals surface area contributed by atoms with E-state index >= 15 is 0 Å². The number of piperidine rings is 1. The van der Waals surface area contributed by atoms with E-state index < -0.39 is 0 Å². The summed E-state index contributed by atoms with van der Waals surface area (Å²) in [6.07, 6.45) is 7.92. The lowest BCUT2D eigenvalue weighted by Crippen LogP contribution is -2.36. The van der Waals surface area contributed by atoms with Crippen LogP contribution in [0.3, 0.4) is 0 Å². The van der Waals surface area contributed by atoms with E-state index in [-0.39, 0.29) is 0 Å². The van der Waals surface area contributed by atoms with Crippen molar-refractivity contribution in [2.45, 2.75) is 26.7 Å². The van der Waals surface area contributed by atoms with E-state index in [9.17, 15) is 0 Å². The van der Waals surface area contributed by atoms with Crippen LogP contribution in [0.4, 0.5) is 17.2 Å². The van der Waals surface area contributed by atoms with E-state index in [0.717, 1.165) is 66.0 Å². The zero-order chi connectivity index (χ0) is 21.1. The molecule has 1 aliphatic rings. The highest BCUT2D eigenvalue weighted by atomic mass is 16.5. The van der Waals surface area contributed by atoms with Gasteiger partial charge in [0.15, 0.2) is 5.65 Å². The summed E-state index contributed by atoms with van der Waals surface area (Å²) in [7, 11) is 3.40. The molecule has 0 saturated carbocycles. The fraction of sp³-hybridized carbons (Fsp3) is 0.409. The zero-order valence-corrected chi connectivity index (χ0v) is 17.9. The molecule has 1 aliphatic heterocycles. The fourth-order valence-electron chi connectivity index (χ4n) is 4.11. The van der Waals surface area contributed by atoms with Gasteiger partial charge in [-0.1, -0.05) is 0 Å². The molecule has 1 fully saturated rings. The number of pyridine rings is 2. The lowest BCUT2D eigenvalue weighted by molar-refractivity contribution is 0.226. The largest absolute Gasteiger partial charge is 0.501 e. The summed E-state index contributed by atoms with van der Waals surface area (Å²) in [6, 6.07) is 5.93. The first-order valence-electron chi connectivity index (χ1n) is 10.2. The van der Waals surface area contributed by atoms with Crippen LogP contribution >= 0.6 is 0 Å². The SMILES string of the molecule is CC=C(OC)C1CCCN(c2cc(Nc3ccc(OC)c(C)n3)c3ncnn3c2)C1. The number of rotatable bonds is 6. The van der Waals surface area contributed by atoms with Crippen molar-refractivity contribution in [3.8, 4) is 5.75 Å². The summed E-state index contributed by atoms with van der Waals surface area (Å²) in [6.45, 7) is 5.87. The fourth-order valence-corrected chi connectivity index (χ4v) is 4.11. The second-order valence-electron chi connectivity index (χ2n) is 7.43. The van der Waals surface area contributed by atoms with Crippen LogP contribution in [0.15, 0.2) is 42.6 Å². The average Bonchev–Trinajstić information content (AvgIpc) is 3.24. The van der Waals surface area contributed by atoms with Crippen LogP contribution in [-0.2, 0) is 4.74 Å². The minimum Gasteiger partial charge on any atom is -0.501 e. The number of hydrogen-bond acceptors (Lipinski definition) is 7. The molecule has 8 heteroatoms. The van der Waals surface area contributed by atoms with E-state index in [2.05, 4.69) is 37.4 Å². The van der Waals surface area contributed by atoms with Gasteiger partial charge in [-0.2, -0.15) is 5.10 Å². The molecule has 0 radical (unpaired) electrons. The highest BCUT2D eigenvalue weighted by molar-refractivity contribution is 5.76. The average molecular weight is 409 g/mol. The quantitative estimate of drug-likeness (QED) is 0.619. The topological polar surface area (TPSA) is 76.8 Å². The molecular weight excluding hydrogens is 380 g/mol. The first-order valence-corrected chi connectivity index (χ1v) is 10.2. The van der Waals surface area contributed by atoms with Gasteiger partial charge in [0.2, 0.25) is 0 Å². The first kappa shape index (κ1) is 20.0. The van der Waals surface area contributed by atoms with E-state index in [0.29, 0.717) is 5.92 Å². The van der Waals surface area contributed by atoms with Gasteiger partial charge in [-0.25, -0.2) is 14.5 Å². The summed E-state index contributed by atoms with van der Waals surface area (Å²) in [4.78, 5) is 11.4. The third kappa shape index (κ3) is 3.90. The number of ether oxygens (including phenoxy) is 2. The normalized spacial score (nSPS) is 17.3. The zero-order valence-electron chi connectivity index (χ0n) is 17.9. The Morgan fingerprint density at radius 1 is 1.30 bits per heavy atom. The minimum atomic E-state index is 0.391. The Bertz CT molecular complexity index is 1060. The molecule has 3 aromatic rings. The highest BCUT2D eigenvalue weighted by Gasteiger charge is 2.24. The minimum absolute atomic E-state index is 0.391. The Labute approximate surface area is 176 Å². The maximum atomic E-state index is 5.59. The molecule has 1 atom stereocenters. The van der Waals surface area contributed by atoms with Gasteiger partial charge in [0.05, 0.1) is 43.2 Å². The van der Waals surface area contributed by atoms with Crippen molar-refractivity contribution in [3.05, 3.63) is 48.3 Å². The summed E-state index contributed by atoms with van der Waals surface area (Å²) in [5.41, 5.74) is 3.54. The van der Waals surface area contributed by atoms with Crippen molar-refractivity contribution in [1.29, 1.82) is 0 Å². The molecule has 158 valence electrons. The van der Waals surface area contributed by atoms with E-state index in [4.69, 9.17) is 9.47 Å². The van der Waals surface area contributed by atoms with Gasteiger partial charge in [0.25, 0.3) is 0 Å². The smallest absolute Gasteiger partial charge is 0.178 e. The molecule has 0 aromatic carbocycles. The third-order valence-corrected chi connectivity index (χ3v) is 5.59. The van der Waals surface area contributed by atoms with Gasteiger partial charge in [-0.3, -0.25) is 0 Å². The Hall–Kier alpha value is -3.29. The monoisotopic (exact) mass is 408 g/mol. The summed E-state index contributed by atoms with van der Waals surface area (Å²) in [5, 5.41) is 7.78. The lowest BCUT2D eigenvalue weighted by atomic mass is 9.95. The van der Waals surface area contributed by atoms with Gasteiger partial charge in [-0.05, 0) is 51.0 Å². The number of anilines is 3. The van der Waals surface area contributed by atoms with Crippen LogP contribution in [-0.4, -0.2) is 46.9 Å². The number of hydrogen-bond donors (Lipinski definition) is 1. The van der Waals surface area contributed by atoms with Gasteiger partial charge >= 0.3 is 0 Å². The highest BCUT2D eigenvalue weighted by Crippen LogP contribution is 2.31. The number of aromatic nitrogens is 4. The molecule has 1 saturated heterocycles. The Balaban J connectivity index is 1.65. The maximum absolute atomic E-state index is 5.59. The molecule has 4 rings (SSSR count). The number of aryl methyl sites for hydroxylation is 1. The molecule has 0 spiro atoms. The van der Waals surface area contributed by atoms with Crippen LogP contribution in [0, 0.1) is 12.8 Å². The standard InChI is InChI=1S/C22H28N6O2/c1-5-19(29-3)16-7-6-10-27(12-16)17-11-18(22-23-14-24-28(22)13-17)26-21-9-8-20(30-4)15(2)25-21/h5,8-9,11,13-14,16H,6-7,10,12H2,1-4H3,(H,25,26). The van der Waals surface area contributed by atoms with E-state index in [1.54, 1.807) is 20.5 Å². The molecule has 30 heavy (non-hydrogen) atoms. The van der Waals surface area contributed by atoms with Crippen LogP contribution in [0.25, 0.3) is 5.65 Å². The molecule has 0 bridgehead atoms. The first-order chi connectivity index (χ1) is 14.6. The predicted molar refractivity (Wildman–Crippen MR) is 117 cm³/mol. The number of nitrogens with one attached hydrogen (secondary N) is 1. The van der Waals surface area contributed by atoms with Crippen molar-refractivity contribution < 1.29 is 9.47 Å². The molecule has 0 amide bonds. The Kier molecular flexibility index (Phi) is 5.74. The Morgan fingerprint density at radius 3 is 2.90 bits per heavy atom. The van der Waals surface area contributed by atoms with Crippen molar-refractivity contribution in [2.75, 3.05) is 37.5 Å². The van der Waals surface area contributed by atoms with Gasteiger partial charge in [0.1, 0.15) is 17.9 Å². The van der Waals surface area contributed by atoms with Gasteiger partial charge in [0, 0.05) is 19.0 Å². The number of methoxy groups -OCH3 is 2. The predicted octanol–water partition coefficient (Wildman–Crippen LogP) is 3.95. The van der Waals surface area contributed by atoms with E-state index in [1.807, 2.05) is 36.7 Å². The summed E-state index contributed by atoms with van der Waals surface area (Å²) < 4.78 is 12.7. The number of allylic oxidation sites excluding steroid dienone is 1. The van der Waals surface area contributed by atoms with Crippen LogP contribution in [0.5, 0.6) is 5.75 Å². The number of fused-ring (bicyclic) bond motifs is 1. The maximum Gasteiger partial charge on any atom is 0.178 e. The summed E-state index contributed by atoms with van der Waals surface area (Å²) >= 11 is 0. The molecule has 8 nitrogen and oxygen atoms in total. The van der Waals surface area contributed by atoms with Crippen molar-refractivity contribution >= 4 is 22.8 Å². The molecule has 0 aliphatic carbocycles. The molecule has 4 heterocycles. The third-order valence-electron chi connectivity index (χ3n) is 5.59. The second kappa shape index (κ2) is 8.61. The Morgan fingerprint density at radius 2 is 2.17 bits per heavy atom. The molecule has 3 aromatic heterocycles. The molecule has 1 unspecified atom stereocenters. The summed E-state index contributed by atoms with van der Waals surface area (Å²) in [5.74, 6) is 2.95. The van der Waals surface area contributed by atoms with E-state index in [1.165, 1.54) is 0 Å². The van der Waals surface area contributed by atoms with Gasteiger partial charge < -0.3 is 19.7 Å². The lowest BCUT2D eigenvalue weighted by Gasteiger charge is -2.35. The second-order valence-corrected chi connectivity index (χ2v) is 7.43. The van der Waals surface area contributed by atoms with Crippen molar-refractivity contribution in [3.63, 3.8) is 0 Å². The van der Waals surface area contributed by atoms with Crippen LogP contribution in [0.1, 0.15) is 25.5 Å². The van der Waals surface area contributed by atoms with Crippen molar-refractivity contribution in [1.82, 2.24) is 19.6 Å². The van der Waals surface area contributed by atoms with Crippen LogP contribution in [0.2, 0.25) is 0 Å². The van der Waals surface area contributed by atoms with Gasteiger partial charge in [-0.15, -0.1) is 0 Å². The van der Waals surface area contributed by atoms with Crippen LogP contribution < -0.4 is 15.0 Å².